The van der Waals surface area contributed by atoms with Crippen molar-refractivity contribution in [3.63, 3.8) is 0 Å². The van der Waals surface area contributed by atoms with Crippen molar-refractivity contribution < 1.29 is 9.90 Å². The smallest absolute Gasteiger partial charge is 0.303 e. The van der Waals surface area contributed by atoms with E-state index in [0.717, 1.165) is 6.42 Å². The van der Waals surface area contributed by atoms with Crippen LogP contribution < -0.4 is 0 Å². The van der Waals surface area contributed by atoms with Gasteiger partial charge >= 0.3 is 5.97 Å². The Hall–Kier alpha value is -1.77. The van der Waals surface area contributed by atoms with Crippen molar-refractivity contribution in [2.24, 2.45) is 0 Å². The van der Waals surface area contributed by atoms with Crippen LogP contribution in [0, 0.1) is 13.8 Å². The van der Waals surface area contributed by atoms with Gasteiger partial charge in [-0.05, 0) is 43.4 Å². The van der Waals surface area contributed by atoms with Crippen molar-refractivity contribution in [2.75, 3.05) is 0 Å². The number of aliphatic carboxylic acids is 1. The van der Waals surface area contributed by atoms with Crippen molar-refractivity contribution in [1.29, 1.82) is 0 Å². The van der Waals surface area contributed by atoms with Crippen molar-refractivity contribution in [2.45, 2.75) is 33.1 Å². The third-order valence-electron chi connectivity index (χ3n) is 3.17. The second-order valence-corrected chi connectivity index (χ2v) is 4.51. The third kappa shape index (κ3) is 2.33. The summed E-state index contributed by atoms with van der Waals surface area (Å²) in [6.45, 7) is 4.18. The quantitative estimate of drug-likeness (QED) is 0.849. The Kier molecular flexibility index (Phi) is 3.18. The highest BCUT2D eigenvalue weighted by Gasteiger charge is 2.08. The van der Waals surface area contributed by atoms with Gasteiger partial charge in [-0.3, -0.25) is 4.79 Å². The molecule has 0 aliphatic heterocycles. The molecule has 1 heterocycles. The predicted molar refractivity (Wildman–Crippen MR) is 68.3 cm³/mol. The minimum atomic E-state index is -0.724. The minimum Gasteiger partial charge on any atom is -0.481 e. The highest BCUT2D eigenvalue weighted by molar-refractivity contribution is 5.89. The number of rotatable bonds is 4. The molecular weight excluding hydrogens is 214 g/mol. The monoisotopic (exact) mass is 231 g/mol. The first kappa shape index (κ1) is 11.7. The number of fused-ring (bicyclic) bond motifs is 1. The van der Waals surface area contributed by atoms with Crippen LogP contribution in [0.4, 0.5) is 0 Å². The van der Waals surface area contributed by atoms with E-state index in [1.165, 1.54) is 27.6 Å². The van der Waals surface area contributed by atoms with Crippen LogP contribution in [-0.4, -0.2) is 16.1 Å². The van der Waals surface area contributed by atoms with E-state index in [0.29, 0.717) is 6.42 Å². The second-order valence-electron chi connectivity index (χ2n) is 4.51. The number of hydrogen-bond acceptors (Lipinski definition) is 1. The van der Waals surface area contributed by atoms with Crippen molar-refractivity contribution in [1.82, 2.24) is 4.98 Å². The van der Waals surface area contributed by atoms with Crippen molar-refractivity contribution in [3.05, 3.63) is 35.0 Å². The molecule has 1 aromatic carbocycles. The zero-order valence-electron chi connectivity index (χ0n) is 10.2. The number of carboxylic acid groups (broad SMARTS) is 1. The average Bonchev–Trinajstić information content (AvgIpc) is 2.68. The molecule has 3 nitrogen and oxygen atoms in total. The van der Waals surface area contributed by atoms with Crippen LogP contribution in [0.5, 0.6) is 0 Å². The Balaban J connectivity index is 2.29. The molecule has 2 aromatic rings. The van der Waals surface area contributed by atoms with Gasteiger partial charge in [-0.1, -0.05) is 12.1 Å². The van der Waals surface area contributed by atoms with Gasteiger partial charge < -0.3 is 10.1 Å². The first-order valence-corrected chi connectivity index (χ1v) is 5.87. The molecule has 3 heteroatoms. The molecule has 1 aromatic heterocycles. The standard InChI is InChI=1S/C14H17NO2/c1-9-6-7-10(2)14-13(9)11(8-15-14)4-3-5-12(16)17/h6-8,15H,3-5H2,1-2H3,(H,16,17). The minimum absolute atomic E-state index is 0.234. The Labute approximate surface area is 100 Å². The number of aromatic nitrogens is 1. The number of aromatic amines is 1. The summed E-state index contributed by atoms with van der Waals surface area (Å²) >= 11 is 0. The normalized spacial score (nSPS) is 10.9. The second kappa shape index (κ2) is 4.62. The molecule has 90 valence electrons. The lowest BCUT2D eigenvalue weighted by Gasteiger charge is -2.03. The molecule has 0 aliphatic rings. The first-order chi connectivity index (χ1) is 8.09. The SMILES string of the molecule is Cc1ccc(C)c2c(CCCC(=O)O)c[nH]c12. The zero-order valence-corrected chi connectivity index (χ0v) is 10.2. The maximum absolute atomic E-state index is 10.5. The molecule has 0 radical (unpaired) electrons. The first-order valence-electron chi connectivity index (χ1n) is 5.87. The predicted octanol–water partition coefficient (Wildman–Crippen LogP) is 3.19. The summed E-state index contributed by atoms with van der Waals surface area (Å²) in [5.74, 6) is -0.724. The summed E-state index contributed by atoms with van der Waals surface area (Å²) in [5.41, 5.74) is 4.88. The molecule has 2 N–H and O–H groups in total. The Morgan fingerprint density at radius 2 is 2.00 bits per heavy atom. The molecule has 0 spiro atoms. The van der Waals surface area contributed by atoms with Crippen LogP contribution >= 0.6 is 0 Å². The van der Waals surface area contributed by atoms with E-state index in [2.05, 4.69) is 31.0 Å². The van der Waals surface area contributed by atoms with Crippen LogP contribution in [-0.2, 0) is 11.2 Å². The van der Waals surface area contributed by atoms with E-state index < -0.39 is 5.97 Å². The maximum Gasteiger partial charge on any atom is 0.303 e. The molecule has 0 unspecified atom stereocenters. The highest BCUT2D eigenvalue weighted by atomic mass is 16.4. The van der Waals surface area contributed by atoms with Gasteiger partial charge in [-0.15, -0.1) is 0 Å². The van der Waals surface area contributed by atoms with Gasteiger partial charge in [-0.2, -0.15) is 0 Å². The Morgan fingerprint density at radius 3 is 2.71 bits per heavy atom. The summed E-state index contributed by atoms with van der Waals surface area (Å²) in [6, 6.07) is 4.22. The summed E-state index contributed by atoms with van der Waals surface area (Å²) < 4.78 is 0. The van der Waals surface area contributed by atoms with E-state index >= 15 is 0 Å². The van der Waals surface area contributed by atoms with Crippen LogP contribution in [0.25, 0.3) is 10.9 Å². The Morgan fingerprint density at radius 1 is 1.29 bits per heavy atom. The molecule has 0 bridgehead atoms. The number of carboxylic acids is 1. The van der Waals surface area contributed by atoms with Gasteiger partial charge in [-0.25, -0.2) is 0 Å². The lowest BCUT2D eigenvalue weighted by Crippen LogP contribution is -1.95. The van der Waals surface area contributed by atoms with E-state index in [1.807, 2.05) is 6.20 Å². The summed E-state index contributed by atoms with van der Waals surface area (Å²) in [4.78, 5) is 13.8. The van der Waals surface area contributed by atoms with E-state index in [-0.39, 0.29) is 6.42 Å². The molecule has 17 heavy (non-hydrogen) atoms. The number of benzene rings is 1. The average molecular weight is 231 g/mol. The van der Waals surface area contributed by atoms with Gasteiger partial charge in [0.2, 0.25) is 0 Å². The van der Waals surface area contributed by atoms with Crippen LogP contribution in [0.1, 0.15) is 29.5 Å². The van der Waals surface area contributed by atoms with Crippen molar-refractivity contribution >= 4 is 16.9 Å². The molecule has 0 saturated heterocycles. The fourth-order valence-corrected chi connectivity index (χ4v) is 2.27. The molecule has 0 saturated carbocycles. The topological polar surface area (TPSA) is 53.1 Å². The fraction of sp³-hybridized carbons (Fsp3) is 0.357. The zero-order chi connectivity index (χ0) is 12.4. The van der Waals surface area contributed by atoms with Gasteiger partial charge in [0.05, 0.1) is 0 Å². The van der Waals surface area contributed by atoms with Gasteiger partial charge in [0.25, 0.3) is 0 Å². The maximum atomic E-state index is 10.5. The number of hydrogen-bond donors (Lipinski definition) is 2. The number of aryl methyl sites for hydroxylation is 3. The molecule has 0 fully saturated rings. The summed E-state index contributed by atoms with van der Waals surface area (Å²) in [7, 11) is 0. The van der Waals surface area contributed by atoms with Gasteiger partial charge in [0.1, 0.15) is 0 Å². The Bertz CT molecular complexity index is 555. The van der Waals surface area contributed by atoms with Crippen LogP contribution in [0.15, 0.2) is 18.3 Å². The molecule has 0 aliphatic carbocycles. The third-order valence-corrected chi connectivity index (χ3v) is 3.17. The van der Waals surface area contributed by atoms with E-state index in [9.17, 15) is 4.79 Å². The molecule has 0 atom stereocenters. The van der Waals surface area contributed by atoms with Crippen LogP contribution in [0.3, 0.4) is 0 Å². The van der Waals surface area contributed by atoms with Crippen molar-refractivity contribution in [3.8, 4) is 0 Å². The largest absolute Gasteiger partial charge is 0.481 e. The highest BCUT2D eigenvalue weighted by Crippen LogP contribution is 2.26. The molecule has 0 amide bonds. The number of carbonyl (C=O) groups is 1. The molecular formula is C14H17NO2. The van der Waals surface area contributed by atoms with Gasteiger partial charge in [0.15, 0.2) is 0 Å². The van der Waals surface area contributed by atoms with E-state index in [1.54, 1.807) is 0 Å². The summed E-state index contributed by atoms with van der Waals surface area (Å²) in [5, 5.41) is 9.91. The lowest BCUT2D eigenvalue weighted by molar-refractivity contribution is -0.137. The van der Waals surface area contributed by atoms with Crippen LogP contribution in [0.2, 0.25) is 0 Å². The van der Waals surface area contributed by atoms with E-state index in [4.69, 9.17) is 5.11 Å². The summed E-state index contributed by atoms with van der Waals surface area (Å²) in [6.07, 6.45) is 3.75. The molecule has 2 rings (SSSR count). The van der Waals surface area contributed by atoms with Gasteiger partial charge in [0, 0.05) is 23.5 Å². The fourth-order valence-electron chi connectivity index (χ4n) is 2.27. The lowest BCUT2D eigenvalue weighted by atomic mass is 10.0. The number of nitrogens with one attached hydrogen (secondary N) is 1. The number of H-pyrrole nitrogens is 1.